The first-order valence-electron chi connectivity index (χ1n) is 10.7. The highest BCUT2D eigenvalue weighted by atomic mass is 16.4. The van der Waals surface area contributed by atoms with E-state index < -0.39 is 78.4 Å². The maximum absolute atomic E-state index is 12.9. The number of hydrogen-bond donors (Lipinski definition) is 9. The van der Waals surface area contributed by atoms with E-state index >= 15 is 0 Å². The molecule has 0 saturated heterocycles. The lowest BCUT2D eigenvalue weighted by molar-refractivity contribution is -0.143. The number of guanidine groups is 1. The van der Waals surface area contributed by atoms with Crippen molar-refractivity contribution in [3.8, 4) is 0 Å². The average molecular weight is 502 g/mol. The topological polar surface area (TPSA) is 301 Å². The van der Waals surface area contributed by atoms with E-state index in [9.17, 15) is 33.9 Å². The Morgan fingerprint density at radius 3 is 1.77 bits per heavy atom. The molecule has 0 aliphatic rings. The van der Waals surface area contributed by atoms with Crippen molar-refractivity contribution in [3.05, 3.63) is 0 Å². The van der Waals surface area contributed by atoms with E-state index in [1.165, 1.54) is 0 Å². The summed E-state index contributed by atoms with van der Waals surface area (Å²) in [6.07, 6.45) is -0.931. The molecule has 0 aliphatic carbocycles. The van der Waals surface area contributed by atoms with Crippen LogP contribution < -0.4 is 44.6 Å². The largest absolute Gasteiger partial charge is 0.480 e. The van der Waals surface area contributed by atoms with Crippen LogP contribution in [0.25, 0.3) is 0 Å². The van der Waals surface area contributed by atoms with Gasteiger partial charge in [-0.1, -0.05) is 13.8 Å². The molecule has 0 rings (SSSR count). The number of nitrogens with one attached hydrogen (secondary N) is 3. The normalized spacial score (nSPS) is 14.1. The second-order valence-corrected chi connectivity index (χ2v) is 8.09. The van der Waals surface area contributed by atoms with Crippen LogP contribution in [0.5, 0.6) is 0 Å². The second-order valence-electron chi connectivity index (χ2n) is 8.09. The van der Waals surface area contributed by atoms with Crippen LogP contribution in [-0.4, -0.2) is 77.3 Å². The monoisotopic (exact) mass is 501 g/mol. The predicted molar refractivity (Wildman–Crippen MR) is 124 cm³/mol. The van der Waals surface area contributed by atoms with Crippen LogP contribution in [0.3, 0.4) is 0 Å². The van der Waals surface area contributed by atoms with Gasteiger partial charge in [0.25, 0.3) is 0 Å². The van der Waals surface area contributed by atoms with E-state index in [2.05, 4.69) is 20.9 Å². The number of carbonyl (C=O) groups excluding carboxylic acids is 5. The summed E-state index contributed by atoms with van der Waals surface area (Å²) < 4.78 is 0. The summed E-state index contributed by atoms with van der Waals surface area (Å²) in [5, 5.41) is 16.2. The number of hydrogen-bond acceptors (Lipinski definition) is 8. The lowest BCUT2D eigenvalue weighted by atomic mass is 10.0. The maximum Gasteiger partial charge on any atom is 0.326 e. The van der Waals surface area contributed by atoms with Crippen LogP contribution in [-0.2, 0) is 28.8 Å². The predicted octanol–water partition coefficient (Wildman–Crippen LogP) is -4.69. The minimum atomic E-state index is -1.53. The Kier molecular flexibility index (Phi) is 13.4. The molecule has 35 heavy (non-hydrogen) atoms. The van der Waals surface area contributed by atoms with Gasteiger partial charge in [0.2, 0.25) is 29.5 Å². The number of amides is 5. The summed E-state index contributed by atoms with van der Waals surface area (Å²) in [7, 11) is 0. The number of aliphatic imine (C=N–C) groups is 1. The molecule has 14 N–H and O–H groups in total. The van der Waals surface area contributed by atoms with Crippen molar-refractivity contribution >= 4 is 41.5 Å². The highest BCUT2D eigenvalue weighted by Crippen LogP contribution is 2.05. The number of rotatable bonds is 16. The SMILES string of the molecule is CC(C)C(NC(=O)C(CC(N)=O)NC(=O)C(CCCN=C(N)N)NC(=O)C(N)CC(N)=O)C(=O)O. The van der Waals surface area contributed by atoms with E-state index in [0.717, 1.165) is 0 Å². The molecule has 0 fully saturated rings. The molecule has 4 atom stereocenters. The zero-order chi connectivity index (χ0) is 27.3. The van der Waals surface area contributed by atoms with Crippen LogP contribution in [0.1, 0.15) is 39.5 Å². The van der Waals surface area contributed by atoms with Gasteiger partial charge in [-0.15, -0.1) is 0 Å². The first kappa shape index (κ1) is 31.0. The van der Waals surface area contributed by atoms with Gasteiger partial charge in [0.15, 0.2) is 5.96 Å². The molecule has 0 heterocycles. The van der Waals surface area contributed by atoms with Crippen molar-refractivity contribution in [3.63, 3.8) is 0 Å². The first-order chi connectivity index (χ1) is 16.1. The molecule has 198 valence electrons. The smallest absolute Gasteiger partial charge is 0.326 e. The quantitative estimate of drug-likeness (QED) is 0.0552. The van der Waals surface area contributed by atoms with E-state index in [0.29, 0.717) is 0 Å². The van der Waals surface area contributed by atoms with Gasteiger partial charge < -0.3 is 49.7 Å². The zero-order valence-electron chi connectivity index (χ0n) is 19.7. The van der Waals surface area contributed by atoms with Gasteiger partial charge in [-0.3, -0.25) is 29.0 Å². The fourth-order valence-electron chi connectivity index (χ4n) is 2.81. The molecular weight excluding hydrogens is 466 g/mol. The third kappa shape index (κ3) is 12.8. The van der Waals surface area contributed by atoms with Crippen molar-refractivity contribution < 1.29 is 33.9 Å². The van der Waals surface area contributed by atoms with Gasteiger partial charge in [0, 0.05) is 6.54 Å². The van der Waals surface area contributed by atoms with Crippen LogP contribution in [0, 0.1) is 5.92 Å². The van der Waals surface area contributed by atoms with Gasteiger partial charge in [-0.2, -0.15) is 0 Å². The third-order valence-electron chi connectivity index (χ3n) is 4.60. The van der Waals surface area contributed by atoms with Crippen molar-refractivity contribution in [2.75, 3.05) is 6.54 Å². The van der Waals surface area contributed by atoms with Crippen molar-refractivity contribution in [2.45, 2.75) is 63.7 Å². The van der Waals surface area contributed by atoms with Crippen LogP contribution >= 0.6 is 0 Å². The molecule has 0 spiro atoms. The van der Waals surface area contributed by atoms with E-state index in [1.54, 1.807) is 13.8 Å². The molecule has 0 aliphatic heterocycles. The number of primary amides is 2. The Bertz CT molecular complexity index is 827. The Balaban J connectivity index is 5.64. The number of nitrogens with two attached hydrogens (primary N) is 5. The van der Waals surface area contributed by atoms with Gasteiger partial charge in [0.05, 0.1) is 18.9 Å². The third-order valence-corrected chi connectivity index (χ3v) is 4.60. The molecule has 4 unspecified atom stereocenters. The van der Waals surface area contributed by atoms with Crippen LogP contribution in [0.4, 0.5) is 0 Å². The van der Waals surface area contributed by atoms with Crippen molar-refractivity contribution in [1.82, 2.24) is 16.0 Å². The van der Waals surface area contributed by atoms with Gasteiger partial charge in [0.1, 0.15) is 18.1 Å². The fraction of sp³-hybridized carbons (Fsp3) is 0.632. The number of carboxylic acid groups (broad SMARTS) is 1. The van der Waals surface area contributed by atoms with E-state index in [-0.39, 0.29) is 25.3 Å². The molecule has 5 amide bonds. The minimum absolute atomic E-state index is 0.0215. The van der Waals surface area contributed by atoms with Crippen molar-refractivity contribution in [1.29, 1.82) is 0 Å². The molecular formula is C19H35N9O7. The number of nitrogens with zero attached hydrogens (tertiary/aromatic N) is 1. The Labute approximate surface area is 201 Å². The maximum atomic E-state index is 12.9. The molecule has 0 saturated carbocycles. The Morgan fingerprint density at radius 1 is 0.800 bits per heavy atom. The van der Waals surface area contributed by atoms with E-state index in [1.807, 2.05) is 0 Å². The van der Waals surface area contributed by atoms with Gasteiger partial charge >= 0.3 is 5.97 Å². The molecule has 0 aromatic heterocycles. The zero-order valence-corrected chi connectivity index (χ0v) is 19.7. The van der Waals surface area contributed by atoms with Crippen molar-refractivity contribution in [2.24, 2.45) is 39.6 Å². The number of aliphatic carboxylic acids is 1. The van der Waals surface area contributed by atoms with Crippen LogP contribution in [0.15, 0.2) is 4.99 Å². The van der Waals surface area contributed by atoms with Gasteiger partial charge in [-0.05, 0) is 18.8 Å². The standard InChI is InChI=1S/C19H35N9O7/c1-8(2)14(18(34)35)28-17(33)11(7-13(22)30)27-16(32)10(4-3-5-25-19(23)24)26-15(31)9(20)6-12(21)29/h8-11,14H,3-7,20H2,1-2H3,(H2,21,29)(H2,22,30)(H,26,31)(H,27,32)(H,28,33)(H,34,35)(H4,23,24,25). The van der Waals surface area contributed by atoms with E-state index in [4.69, 9.17) is 28.7 Å². The fourth-order valence-corrected chi connectivity index (χ4v) is 2.81. The number of carboxylic acids is 1. The second kappa shape index (κ2) is 15.0. The number of carbonyl (C=O) groups is 6. The average Bonchev–Trinajstić information content (AvgIpc) is 2.71. The van der Waals surface area contributed by atoms with Crippen LogP contribution in [0.2, 0.25) is 0 Å². The lowest BCUT2D eigenvalue weighted by Gasteiger charge is -2.25. The molecule has 0 bridgehead atoms. The Morgan fingerprint density at radius 2 is 1.31 bits per heavy atom. The summed E-state index contributed by atoms with van der Waals surface area (Å²) in [5.74, 6) is -6.51. The summed E-state index contributed by atoms with van der Waals surface area (Å²) in [4.78, 5) is 75.5. The summed E-state index contributed by atoms with van der Waals surface area (Å²) in [6, 6.07) is -5.44. The lowest BCUT2D eigenvalue weighted by Crippen LogP contribution is -2.58. The Hall–Kier alpha value is -3.95. The first-order valence-corrected chi connectivity index (χ1v) is 10.7. The summed E-state index contributed by atoms with van der Waals surface area (Å²) in [6.45, 7) is 3.21. The molecule has 0 radical (unpaired) electrons. The van der Waals surface area contributed by atoms with Gasteiger partial charge in [-0.25, -0.2) is 4.79 Å². The highest BCUT2D eigenvalue weighted by molar-refractivity contribution is 5.96. The summed E-state index contributed by atoms with van der Waals surface area (Å²) >= 11 is 0. The molecule has 0 aromatic carbocycles. The molecule has 16 heteroatoms. The summed E-state index contributed by atoms with van der Waals surface area (Å²) in [5.41, 5.74) is 26.3. The minimum Gasteiger partial charge on any atom is -0.480 e. The molecule has 0 aromatic rings. The molecule has 16 nitrogen and oxygen atoms in total. The highest BCUT2D eigenvalue weighted by Gasteiger charge is 2.32.